The van der Waals surface area contributed by atoms with Gasteiger partial charge < -0.3 is 14.6 Å². The van der Waals surface area contributed by atoms with Gasteiger partial charge in [-0.25, -0.2) is 4.79 Å². The fraction of sp³-hybridized carbons (Fsp3) is 0.450. The van der Waals surface area contributed by atoms with Gasteiger partial charge in [0.25, 0.3) is 5.91 Å². The van der Waals surface area contributed by atoms with E-state index in [0.717, 1.165) is 31.2 Å². The summed E-state index contributed by atoms with van der Waals surface area (Å²) in [5.41, 5.74) is 2.44. The Balaban J connectivity index is 1.83. The van der Waals surface area contributed by atoms with Crippen molar-refractivity contribution in [2.45, 2.75) is 58.6 Å². The third kappa shape index (κ3) is 3.95. The second-order valence-corrected chi connectivity index (χ2v) is 6.89. The van der Waals surface area contributed by atoms with Crippen LogP contribution in [0.4, 0.5) is 0 Å². The first-order valence-corrected chi connectivity index (χ1v) is 8.96. The quantitative estimate of drug-likeness (QED) is 0.829. The number of rotatable bonds is 5. The number of hydrogen-bond donors (Lipinski definition) is 1. The van der Waals surface area contributed by atoms with E-state index in [-0.39, 0.29) is 17.5 Å². The monoisotopic (exact) mass is 356 g/mol. The van der Waals surface area contributed by atoms with Gasteiger partial charge in [-0.1, -0.05) is 47.8 Å². The van der Waals surface area contributed by atoms with Gasteiger partial charge in [0.1, 0.15) is 11.3 Å². The van der Waals surface area contributed by atoms with Crippen LogP contribution in [0.5, 0.6) is 0 Å². The molecule has 1 unspecified atom stereocenters. The van der Waals surface area contributed by atoms with E-state index in [2.05, 4.69) is 10.5 Å². The Kier molecular flexibility index (Phi) is 5.40. The number of amides is 1. The molecular formula is C20H24N2O4. The molecule has 1 aliphatic rings. The molecule has 6 nitrogen and oxygen atoms in total. The number of benzene rings is 1. The molecule has 1 amide bonds. The van der Waals surface area contributed by atoms with E-state index >= 15 is 0 Å². The molecule has 1 atom stereocenters. The molecule has 3 rings (SSSR count). The van der Waals surface area contributed by atoms with Gasteiger partial charge in [-0.2, -0.15) is 0 Å². The summed E-state index contributed by atoms with van der Waals surface area (Å²) in [5, 5.41) is 6.80. The maximum atomic E-state index is 12.8. The Bertz CT molecular complexity index is 769. The summed E-state index contributed by atoms with van der Waals surface area (Å²) in [5.74, 6) is -0.513. The summed E-state index contributed by atoms with van der Waals surface area (Å²) in [6.45, 7) is 5.29. The van der Waals surface area contributed by atoms with Gasteiger partial charge in [0.2, 0.25) is 6.10 Å². The zero-order valence-electron chi connectivity index (χ0n) is 15.4. The van der Waals surface area contributed by atoms with Crippen molar-refractivity contribution in [3.05, 3.63) is 52.4 Å². The average Bonchev–Trinajstić information content (AvgIpc) is 3.23. The van der Waals surface area contributed by atoms with Crippen LogP contribution < -0.4 is 5.32 Å². The molecule has 0 aliphatic heterocycles. The summed E-state index contributed by atoms with van der Waals surface area (Å²) in [6, 6.07) is 7.57. The number of carbonyl (C=O) groups is 2. The topological polar surface area (TPSA) is 81.4 Å². The molecular weight excluding hydrogens is 332 g/mol. The van der Waals surface area contributed by atoms with Gasteiger partial charge in [-0.3, -0.25) is 4.79 Å². The molecule has 0 radical (unpaired) electrons. The molecule has 138 valence electrons. The van der Waals surface area contributed by atoms with Crippen molar-refractivity contribution in [1.82, 2.24) is 10.5 Å². The molecule has 1 fully saturated rings. The maximum absolute atomic E-state index is 12.8. The van der Waals surface area contributed by atoms with E-state index in [0.29, 0.717) is 17.0 Å². The van der Waals surface area contributed by atoms with Gasteiger partial charge in [0.15, 0.2) is 0 Å². The van der Waals surface area contributed by atoms with E-state index in [1.165, 1.54) is 0 Å². The molecule has 0 saturated heterocycles. The minimum atomic E-state index is -1.00. The number of hydrogen-bond acceptors (Lipinski definition) is 5. The first kappa shape index (κ1) is 18.2. The standard InChI is InChI=1S/C20H24N2O4/c1-12-8-10-15(11-9-12)18(19(23)21-16-6-4-5-7-16)25-20(24)17-13(2)22-26-14(17)3/h8-11,16,18H,4-7H2,1-3H3,(H,21,23). The first-order valence-electron chi connectivity index (χ1n) is 8.96. The maximum Gasteiger partial charge on any atom is 0.344 e. The third-order valence-electron chi connectivity index (χ3n) is 4.78. The highest BCUT2D eigenvalue weighted by Gasteiger charge is 2.30. The van der Waals surface area contributed by atoms with Crippen LogP contribution in [0, 0.1) is 20.8 Å². The van der Waals surface area contributed by atoms with Crippen LogP contribution in [-0.2, 0) is 9.53 Å². The number of carbonyl (C=O) groups excluding carboxylic acids is 2. The van der Waals surface area contributed by atoms with E-state index in [9.17, 15) is 9.59 Å². The van der Waals surface area contributed by atoms with Crippen molar-refractivity contribution in [1.29, 1.82) is 0 Å². The summed E-state index contributed by atoms with van der Waals surface area (Å²) in [7, 11) is 0. The molecule has 0 bridgehead atoms. The van der Waals surface area contributed by atoms with E-state index in [4.69, 9.17) is 9.26 Å². The Morgan fingerprint density at radius 3 is 2.38 bits per heavy atom. The van der Waals surface area contributed by atoms with E-state index in [1.807, 2.05) is 31.2 Å². The lowest BCUT2D eigenvalue weighted by atomic mass is 10.1. The predicted octanol–water partition coefficient (Wildman–Crippen LogP) is 3.56. The van der Waals surface area contributed by atoms with Crippen molar-refractivity contribution in [3.8, 4) is 0 Å². The zero-order valence-corrected chi connectivity index (χ0v) is 15.4. The van der Waals surface area contributed by atoms with Crippen molar-refractivity contribution in [2.24, 2.45) is 0 Å². The van der Waals surface area contributed by atoms with E-state index in [1.54, 1.807) is 13.8 Å². The molecule has 1 heterocycles. The van der Waals surface area contributed by atoms with Crippen LogP contribution in [0.3, 0.4) is 0 Å². The lowest BCUT2D eigenvalue weighted by Gasteiger charge is -2.20. The zero-order chi connectivity index (χ0) is 18.7. The van der Waals surface area contributed by atoms with Crippen LogP contribution >= 0.6 is 0 Å². The number of nitrogens with one attached hydrogen (secondary N) is 1. The van der Waals surface area contributed by atoms with Gasteiger partial charge in [-0.05, 0) is 33.6 Å². The fourth-order valence-corrected chi connectivity index (χ4v) is 3.30. The Morgan fingerprint density at radius 1 is 1.15 bits per heavy atom. The van der Waals surface area contributed by atoms with Crippen molar-refractivity contribution >= 4 is 11.9 Å². The Labute approximate surface area is 152 Å². The number of nitrogens with zero attached hydrogens (tertiary/aromatic N) is 1. The average molecular weight is 356 g/mol. The van der Waals surface area contributed by atoms with Gasteiger partial charge in [-0.15, -0.1) is 0 Å². The van der Waals surface area contributed by atoms with Crippen LogP contribution in [0.1, 0.15) is 64.7 Å². The number of aromatic nitrogens is 1. The number of aryl methyl sites for hydroxylation is 3. The summed E-state index contributed by atoms with van der Waals surface area (Å²) in [6.07, 6.45) is 3.14. The number of ether oxygens (including phenoxy) is 1. The summed E-state index contributed by atoms with van der Waals surface area (Å²) in [4.78, 5) is 25.5. The lowest BCUT2D eigenvalue weighted by Crippen LogP contribution is -2.38. The summed E-state index contributed by atoms with van der Waals surface area (Å²) >= 11 is 0. The largest absolute Gasteiger partial charge is 0.444 e. The molecule has 1 N–H and O–H groups in total. The molecule has 1 aliphatic carbocycles. The van der Waals surface area contributed by atoms with Crippen molar-refractivity contribution < 1.29 is 18.8 Å². The highest BCUT2D eigenvalue weighted by Crippen LogP contribution is 2.24. The smallest absolute Gasteiger partial charge is 0.344 e. The highest BCUT2D eigenvalue weighted by molar-refractivity contribution is 5.94. The molecule has 0 spiro atoms. The van der Waals surface area contributed by atoms with Crippen molar-refractivity contribution in [3.63, 3.8) is 0 Å². The minimum absolute atomic E-state index is 0.146. The van der Waals surface area contributed by atoms with Gasteiger partial charge in [0.05, 0.1) is 5.69 Å². The summed E-state index contributed by atoms with van der Waals surface area (Å²) < 4.78 is 10.6. The van der Waals surface area contributed by atoms with Crippen LogP contribution in [-0.4, -0.2) is 23.1 Å². The first-order chi connectivity index (χ1) is 12.5. The number of esters is 1. The van der Waals surface area contributed by atoms with Crippen LogP contribution in [0.2, 0.25) is 0 Å². The highest BCUT2D eigenvalue weighted by atomic mass is 16.6. The molecule has 2 aromatic rings. The van der Waals surface area contributed by atoms with Crippen LogP contribution in [0.25, 0.3) is 0 Å². The third-order valence-corrected chi connectivity index (χ3v) is 4.78. The molecule has 6 heteroatoms. The van der Waals surface area contributed by atoms with E-state index < -0.39 is 12.1 Å². The van der Waals surface area contributed by atoms with Crippen molar-refractivity contribution in [2.75, 3.05) is 0 Å². The molecule has 1 saturated carbocycles. The van der Waals surface area contributed by atoms with Gasteiger partial charge >= 0.3 is 5.97 Å². The van der Waals surface area contributed by atoms with Gasteiger partial charge in [0, 0.05) is 11.6 Å². The second-order valence-electron chi connectivity index (χ2n) is 6.89. The Hall–Kier alpha value is -2.63. The predicted molar refractivity (Wildman–Crippen MR) is 95.7 cm³/mol. The molecule has 1 aromatic heterocycles. The minimum Gasteiger partial charge on any atom is -0.444 e. The fourth-order valence-electron chi connectivity index (χ4n) is 3.30. The SMILES string of the molecule is Cc1ccc(C(OC(=O)c2c(C)noc2C)C(=O)NC2CCCC2)cc1. The lowest BCUT2D eigenvalue weighted by molar-refractivity contribution is -0.131. The Morgan fingerprint density at radius 2 is 1.81 bits per heavy atom. The second kappa shape index (κ2) is 7.72. The van der Waals surface area contributed by atoms with Crippen LogP contribution in [0.15, 0.2) is 28.8 Å². The molecule has 1 aromatic carbocycles. The molecule has 26 heavy (non-hydrogen) atoms. The normalized spacial score (nSPS) is 15.7.